The number of hydrogen-bond donors (Lipinski definition) is 5. The van der Waals surface area contributed by atoms with Gasteiger partial charge in [0.2, 0.25) is 11.8 Å². The summed E-state index contributed by atoms with van der Waals surface area (Å²) < 4.78 is 5.25. The van der Waals surface area contributed by atoms with Crippen LogP contribution in [0, 0.1) is 10.1 Å². The van der Waals surface area contributed by atoms with E-state index >= 15 is 0 Å². The molecular formula is C33H41N7O6. The smallest absolute Gasteiger partial charge is 0.407 e. The Labute approximate surface area is 268 Å². The molecule has 0 saturated heterocycles. The highest BCUT2D eigenvalue weighted by Gasteiger charge is 2.27. The van der Waals surface area contributed by atoms with E-state index in [0.29, 0.717) is 6.42 Å². The van der Waals surface area contributed by atoms with Gasteiger partial charge in [0.15, 0.2) is 5.03 Å². The number of alkyl carbamates (subject to hydrolysis) is 1. The lowest BCUT2D eigenvalue weighted by Crippen LogP contribution is -2.48. The van der Waals surface area contributed by atoms with Gasteiger partial charge < -0.3 is 31.7 Å². The van der Waals surface area contributed by atoms with E-state index in [-0.39, 0.29) is 37.9 Å². The second-order valence-corrected chi connectivity index (χ2v) is 11.5. The first-order valence-electron chi connectivity index (χ1n) is 14.9. The Morgan fingerprint density at radius 3 is 1.85 bits per heavy atom. The Morgan fingerprint density at radius 2 is 1.35 bits per heavy atom. The fourth-order valence-corrected chi connectivity index (χ4v) is 4.53. The molecule has 0 aliphatic heterocycles. The average Bonchev–Trinajstić information content (AvgIpc) is 3.01. The first-order chi connectivity index (χ1) is 21.9. The Bertz CT molecular complexity index is 1440. The third-order valence-electron chi connectivity index (χ3n) is 6.65. The molecule has 0 aliphatic carbocycles. The van der Waals surface area contributed by atoms with E-state index in [4.69, 9.17) is 10.5 Å². The van der Waals surface area contributed by atoms with Crippen LogP contribution in [0.3, 0.4) is 0 Å². The van der Waals surface area contributed by atoms with Crippen LogP contribution in [0.15, 0.2) is 90.0 Å². The summed E-state index contributed by atoms with van der Waals surface area (Å²) in [5.41, 5.74) is 8.13. The van der Waals surface area contributed by atoms with Gasteiger partial charge in [0.05, 0.1) is 5.92 Å². The molecule has 0 fully saturated rings. The van der Waals surface area contributed by atoms with Crippen LogP contribution in [-0.2, 0) is 27.4 Å². The highest BCUT2D eigenvalue weighted by molar-refractivity contribution is 5.92. The fraction of sp³-hybridized carbons (Fsp3) is 0.333. The molecule has 3 rings (SSSR count). The number of amides is 3. The minimum atomic E-state index is -0.907. The van der Waals surface area contributed by atoms with Gasteiger partial charge in [0.1, 0.15) is 16.7 Å². The number of rotatable bonds is 14. The zero-order chi connectivity index (χ0) is 33.5. The molecule has 13 heteroatoms. The summed E-state index contributed by atoms with van der Waals surface area (Å²) >= 11 is 0. The van der Waals surface area contributed by atoms with Gasteiger partial charge in [-0.25, -0.2) is 14.9 Å². The number of nitrogens with two attached hydrogens (primary N) is 1. The van der Waals surface area contributed by atoms with E-state index in [0.717, 1.165) is 22.3 Å². The van der Waals surface area contributed by atoms with Gasteiger partial charge in [-0.15, -0.1) is 0 Å². The number of hydrogen-bond acceptors (Lipinski definition) is 6. The summed E-state index contributed by atoms with van der Waals surface area (Å²) in [5.74, 6) is -1.74. The highest BCUT2D eigenvalue weighted by atomic mass is 16.7. The molecule has 244 valence electrons. The van der Waals surface area contributed by atoms with Crippen LogP contribution in [-0.4, -0.2) is 47.1 Å². The lowest BCUT2D eigenvalue weighted by atomic mass is 9.90. The lowest BCUT2D eigenvalue weighted by Gasteiger charge is -2.23. The quantitative estimate of drug-likeness (QED) is 0.0587. The molecule has 0 spiro atoms. The Hall–Kier alpha value is -5.46. The van der Waals surface area contributed by atoms with Gasteiger partial charge in [-0.1, -0.05) is 84.9 Å². The number of nitrogens with one attached hydrogen (secondary N) is 4. The van der Waals surface area contributed by atoms with Gasteiger partial charge in [-0.3, -0.25) is 9.59 Å². The van der Waals surface area contributed by atoms with Crippen LogP contribution >= 0.6 is 0 Å². The molecule has 46 heavy (non-hydrogen) atoms. The summed E-state index contributed by atoms with van der Waals surface area (Å²) in [6, 6.07) is 25.0. The molecule has 0 heterocycles. The zero-order valence-corrected chi connectivity index (χ0v) is 26.2. The Balaban J connectivity index is 1.68. The van der Waals surface area contributed by atoms with Crippen molar-refractivity contribution in [2.45, 2.75) is 64.3 Å². The van der Waals surface area contributed by atoms with Crippen LogP contribution in [0.4, 0.5) is 4.79 Å². The van der Waals surface area contributed by atoms with Gasteiger partial charge in [0.25, 0.3) is 5.96 Å². The van der Waals surface area contributed by atoms with Gasteiger partial charge in [0, 0.05) is 19.6 Å². The van der Waals surface area contributed by atoms with Crippen LogP contribution < -0.4 is 27.0 Å². The molecule has 3 aromatic carbocycles. The second-order valence-electron chi connectivity index (χ2n) is 11.5. The summed E-state index contributed by atoms with van der Waals surface area (Å²) in [5, 5.41) is 23.8. The number of guanidine groups is 1. The van der Waals surface area contributed by atoms with Gasteiger partial charge in [-0.2, -0.15) is 0 Å². The number of carbonyl (C=O) groups is 3. The van der Waals surface area contributed by atoms with Crippen LogP contribution in [0.25, 0.3) is 0 Å². The maximum atomic E-state index is 13.8. The van der Waals surface area contributed by atoms with Crippen molar-refractivity contribution in [2.24, 2.45) is 10.8 Å². The molecule has 0 bridgehead atoms. The molecule has 6 N–H and O–H groups in total. The predicted molar refractivity (Wildman–Crippen MR) is 174 cm³/mol. The van der Waals surface area contributed by atoms with Crippen molar-refractivity contribution in [2.75, 3.05) is 6.54 Å². The highest BCUT2D eigenvalue weighted by Crippen LogP contribution is 2.25. The average molecular weight is 632 g/mol. The van der Waals surface area contributed by atoms with E-state index < -0.39 is 34.6 Å². The van der Waals surface area contributed by atoms with E-state index in [2.05, 4.69) is 26.4 Å². The monoisotopic (exact) mass is 631 g/mol. The number of nitro groups is 1. The van der Waals surface area contributed by atoms with Crippen molar-refractivity contribution >= 4 is 23.9 Å². The van der Waals surface area contributed by atoms with E-state index in [9.17, 15) is 24.5 Å². The van der Waals surface area contributed by atoms with Gasteiger partial charge >= 0.3 is 6.09 Å². The number of hydrazone groups is 1. The summed E-state index contributed by atoms with van der Waals surface area (Å²) in [6.07, 6.45) is 0.0659. The first-order valence-corrected chi connectivity index (χ1v) is 14.9. The minimum absolute atomic E-state index is 0.197. The minimum Gasteiger partial charge on any atom is -0.444 e. The zero-order valence-electron chi connectivity index (χ0n) is 26.2. The topological polar surface area (TPSA) is 190 Å². The Morgan fingerprint density at radius 1 is 0.826 bits per heavy atom. The molecule has 0 unspecified atom stereocenters. The molecule has 1 atom stereocenters. The summed E-state index contributed by atoms with van der Waals surface area (Å²) in [6.45, 7) is 6.05. The number of benzene rings is 3. The molecular weight excluding hydrogens is 590 g/mol. The molecule has 3 aromatic rings. The molecule has 0 aliphatic rings. The number of ether oxygens (including phenoxy) is 1. The third kappa shape index (κ3) is 12.3. The van der Waals surface area contributed by atoms with Crippen molar-refractivity contribution in [1.29, 1.82) is 0 Å². The normalized spacial score (nSPS) is 12.1. The number of carbonyl (C=O) groups excluding carboxylic acids is 3. The van der Waals surface area contributed by atoms with Crippen molar-refractivity contribution < 1.29 is 24.2 Å². The SMILES string of the molecule is CC(C)(C)OC(=O)NCc1ccc(CNC(=O)[C@@H](CCCNC(N)=N[N+](=O)[O-])NC(=O)C(c2ccccc2)c2ccccc2)cc1. The maximum Gasteiger partial charge on any atom is 0.407 e. The number of nitrogens with zero attached hydrogens (tertiary/aromatic N) is 2. The fourth-order valence-electron chi connectivity index (χ4n) is 4.53. The molecule has 13 nitrogen and oxygen atoms in total. The van der Waals surface area contributed by atoms with Crippen molar-refractivity contribution in [3.8, 4) is 0 Å². The van der Waals surface area contributed by atoms with E-state index in [1.165, 1.54) is 0 Å². The molecule has 3 amide bonds. The standard InChI is InChI=1S/C33H41N7O6/c1-33(2,3)46-32(43)37-22-24-18-16-23(17-19-24)21-36-29(41)27(15-10-20-35-31(34)39-40(44)45)38-30(42)28(25-11-6-4-7-12-25)26-13-8-5-9-14-26/h4-9,11-14,16-19,27-28H,10,15,20-22H2,1-3H3,(H,36,41)(H,37,43)(H,38,42)(H3,34,35,39)/t27-/m1/s1. The largest absolute Gasteiger partial charge is 0.444 e. The van der Waals surface area contributed by atoms with Crippen molar-refractivity contribution in [3.63, 3.8) is 0 Å². The maximum absolute atomic E-state index is 13.8. The molecule has 0 radical (unpaired) electrons. The summed E-state index contributed by atoms with van der Waals surface area (Å²) in [4.78, 5) is 49.7. The summed E-state index contributed by atoms with van der Waals surface area (Å²) in [7, 11) is 0. The van der Waals surface area contributed by atoms with Gasteiger partial charge in [-0.05, 0) is 55.9 Å². The van der Waals surface area contributed by atoms with E-state index in [1.54, 1.807) is 20.8 Å². The predicted octanol–water partition coefficient (Wildman–Crippen LogP) is 3.52. The molecule has 0 aromatic heterocycles. The Kier molecular flexibility index (Phi) is 13.0. The van der Waals surface area contributed by atoms with Crippen LogP contribution in [0.2, 0.25) is 0 Å². The van der Waals surface area contributed by atoms with Crippen LogP contribution in [0.1, 0.15) is 61.8 Å². The lowest BCUT2D eigenvalue weighted by molar-refractivity contribution is -0.485. The van der Waals surface area contributed by atoms with Crippen molar-refractivity contribution in [3.05, 3.63) is 117 Å². The second kappa shape index (κ2) is 17.1. The third-order valence-corrected chi connectivity index (χ3v) is 6.65. The first kappa shape index (κ1) is 35.0. The van der Waals surface area contributed by atoms with E-state index in [1.807, 2.05) is 84.9 Å². The molecule has 0 saturated carbocycles. The van der Waals surface area contributed by atoms with Crippen LogP contribution in [0.5, 0.6) is 0 Å². The van der Waals surface area contributed by atoms with Crippen molar-refractivity contribution in [1.82, 2.24) is 21.3 Å².